The maximum Gasteiger partial charge on any atom is 0.321 e. The van der Waals surface area contributed by atoms with Crippen molar-refractivity contribution in [1.82, 2.24) is 10.2 Å². The molecule has 4 nitrogen and oxygen atoms in total. The summed E-state index contributed by atoms with van der Waals surface area (Å²) in [6.45, 7) is 2.67. The van der Waals surface area contributed by atoms with Gasteiger partial charge in [0.25, 0.3) is 0 Å². The fraction of sp³-hybridized carbons (Fsp3) is 0.562. The third kappa shape index (κ3) is 3.53. The number of nitrogens with one attached hydrogen (secondary N) is 2. The maximum absolute atomic E-state index is 13.2. The second-order valence-corrected chi connectivity index (χ2v) is 5.99. The summed E-state index contributed by atoms with van der Waals surface area (Å²) in [5.74, 6) is 0.207. The van der Waals surface area contributed by atoms with E-state index in [0.717, 1.165) is 26.1 Å². The fourth-order valence-electron chi connectivity index (χ4n) is 3.41. The van der Waals surface area contributed by atoms with Crippen molar-refractivity contribution in [2.45, 2.75) is 31.7 Å². The molecule has 114 valence electrons. The molecule has 0 radical (unpaired) electrons. The van der Waals surface area contributed by atoms with E-state index in [-0.39, 0.29) is 11.8 Å². The lowest BCUT2D eigenvalue weighted by molar-refractivity contribution is 0.163. The number of urea groups is 1. The van der Waals surface area contributed by atoms with Gasteiger partial charge in [-0.3, -0.25) is 0 Å². The monoisotopic (exact) mass is 291 g/mol. The standard InChI is InChI=1S/C16H22FN3O/c17-13-5-1-6-14(10-13)19-16(21)20-9-3-4-12(11-20)15-7-2-8-18-15/h1,5-6,10,12,15,18H,2-4,7-9,11H2,(H,19,21). The minimum Gasteiger partial charge on any atom is -0.324 e. The van der Waals surface area contributed by atoms with E-state index >= 15 is 0 Å². The van der Waals surface area contributed by atoms with Gasteiger partial charge in [-0.25, -0.2) is 9.18 Å². The Morgan fingerprint density at radius 1 is 1.33 bits per heavy atom. The highest BCUT2D eigenvalue weighted by atomic mass is 19.1. The topological polar surface area (TPSA) is 44.4 Å². The summed E-state index contributed by atoms with van der Waals surface area (Å²) in [5.41, 5.74) is 0.515. The van der Waals surface area contributed by atoms with Gasteiger partial charge in [0.1, 0.15) is 5.82 Å². The van der Waals surface area contributed by atoms with Crippen LogP contribution in [-0.2, 0) is 0 Å². The summed E-state index contributed by atoms with van der Waals surface area (Å²) in [5, 5.41) is 6.33. The number of likely N-dealkylation sites (tertiary alicyclic amines) is 1. The Kier molecular flexibility index (Phi) is 4.39. The van der Waals surface area contributed by atoms with Gasteiger partial charge in [-0.1, -0.05) is 6.07 Å². The lowest BCUT2D eigenvalue weighted by atomic mass is 9.90. The van der Waals surface area contributed by atoms with Crippen molar-refractivity contribution in [2.24, 2.45) is 5.92 Å². The zero-order chi connectivity index (χ0) is 14.7. The van der Waals surface area contributed by atoms with Crippen LogP contribution in [0, 0.1) is 11.7 Å². The van der Waals surface area contributed by atoms with E-state index in [1.54, 1.807) is 12.1 Å². The molecule has 0 aromatic heterocycles. The number of amides is 2. The summed E-state index contributed by atoms with van der Waals surface area (Å²) in [7, 11) is 0. The van der Waals surface area contributed by atoms with E-state index in [1.165, 1.54) is 31.4 Å². The van der Waals surface area contributed by atoms with E-state index in [1.807, 2.05) is 4.90 Å². The number of nitrogens with zero attached hydrogens (tertiary/aromatic N) is 1. The SMILES string of the molecule is O=C(Nc1cccc(F)c1)N1CCCC(C2CCCN2)C1. The lowest BCUT2D eigenvalue weighted by Gasteiger charge is -2.35. The smallest absolute Gasteiger partial charge is 0.321 e. The Morgan fingerprint density at radius 3 is 3.00 bits per heavy atom. The Balaban J connectivity index is 1.59. The molecule has 2 aliphatic rings. The van der Waals surface area contributed by atoms with Crippen LogP contribution in [0.3, 0.4) is 0 Å². The van der Waals surface area contributed by atoms with Crippen molar-refractivity contribution in [1.29, 1.82) is 0 Å². The lowest BCUT2D eigenvalue weighted by Crippen LogP contribution is -2.47. The molecular formula is C16H22FN3O. The number of hydrogen-bond acceptors (Lipinski definition) is 2. The van der Waals surface area contributed by atoms with Crippen LogP contribution in [0.15, 0.2) is 24.3 Å². The van der Waals surface area contributed by atoms with Gasteiger partial charge < -0.3 is 15.5 Å². The van der Waals surface area contributed by atoms with Crippen molar-refractivity contribution in [2.75, 3.05) is 25.0 Å². The first-order chi connectivity index (χ1) is 10.2. The van der Waals surface area contributed by atoms with E-state index < -0.39 is 0 Å². The average Bonchev–Trinajstić information content (AvgIpc) is 3.02. The minimum atomic E-state index is -0.334. The number of carbonyl (C=O) groups excluding carboxylic acids is 1. The van der Waals surface area contributed by atoms with Crippen LogP contribution in [0.5, 0.6) is 0 Å². The average molecular weight is 291 g/mol. The summed E-state index contributed by atoms with van der Waals surface area (Å²) < 4.78 is 13.2. The molecule has 3 rings (SSSR count). The minimum absolute atomic E-state index is 0.122. The molecule has 2 aliphatic heterocycles. The van der Waals surface area contributed by atoms with Crippen LogP contribution >= 0.6 is 0 Å². The highest BCUT2D eigenvalue weighted by Gasteiger charge is 2.30. The van der Waals surface area contributed by atoms with Crippen LogP contribution in [0.1, 0.15) is 25.7 Å². The van der Waals surface area contributed by atoms with Gasteiger partial charge in [-0.05, 0) is 56.3 Å². The highest BCUT2D eigenvalue weighted by molar-refractivity contribution is 5.89. The van der Waals surface area contributed by atoms with Crippen molar-refractivity contribution in [3.8, 4) is 0 Å². The molecule has 2 unspecified atom stereocenters. The van der Waals surface area contributed by atoms with Crippen LogP contribution < -0.4 is 10.6 Å². The maximum atomic E-state index is 13.2. The summed E-state index contributed by atoms with van der Waals surface area (Å²) in [6, 6.07) is 6.46. The van der Waals surface area contributed by atoms with Gasteiger partial charge in [0.2, 0.25) is 0 Å². The molecule has 2 fully saturated rings. The van der Waals surface area contributed by atoms with E-state index in [9.17, 15) is 9.18 Å². The van der Waals surface area contributed by atoms with Crippen LogP contribution in [0.25, 0.3) is 0 Å². The summed E-state index contributed by atoms with van der Waals surface area (Å²) in [4.78, 5) is 14.2. The number of carbonyl (C=O) groups is 1. The van der Waals surface area contributed by atoms with E-state index in [4.69, 9.17) is 0 Å². The van der Waals surface area contributed by atoms with Gasteiger partial charge in [0.05, 0.1) is 0 Å². The number of halogens is 1. The van der Waals surface area contributed by atoms with E-state index in [0.29, 0.717) is 17.6 Å². The quantitative estimate of drug-likeness (QED) is 0.880. The first kappa shape index (κ1) is 14.3. The van der Waals surface area contributed by atoms with Gasteiger partial charge in [-0.15, -0.1) is 0 Å². The Morgan fingerprint density at radius 2 is 2.24 bits per heavy atom. The number of anilines is 1. The molecule has 2 heterocycles. The first-order valence-electron chi connectivity index (χ1n) is 7.77. The Labute approximate surface area is 124 Å². The van der Waals surface area contributed by atoms with Gasteiger partial charge >= 0.3 is 6.03 Å². The van der Waals surface area contributed by atoms with Gasteiger partial charge in [0.15, 0.2) is 0 Å². The summed E-state index contributed by atoms with van der Waals surface area (Å²) in [6.07, 6.45) is 4.67. The largest absolute Gasteiger partial charge is 0.324 e. The Hall–Kier alpha value is -1.62. The number of benzene rings is 1. The zero-order valence-electron chi connectivity index (χ0n) is 12.1. The Bertz CT molecular complexity index is 502. The summed E-state index contributed by atoms with van der Waals surface area (Å²) >= 11 is 0. The molecule has 1 aromatic carbocycles. The first-order valence-corrected chi connectivity index (χ1v) is 7.77. The molecule has 0 aliphatic carbocycles. The van der Waals surface area contributed by atoms with Crippen molar-refractivity contribution < 1.29 is 9.18 Å². The molecule has 2 N–H and O–H groups in total. The molecule has 0 bridgehead atoms. The second kappa shape index (κ2) is 6.43. The third-order valence-electron chi connectivity index (χ3n) is 4.49. The zero-order valence-corrected chi connectivity index (χ0v) is 12.1. The van der Waals surface area contributed by atoms with Crippen LogP contribution in [-0.4, -0.2) is 36.6 Å². The molecule has 2 amide bonds. The second-order valence-electron chi connectivity index (χ2n) is 5.99. The predicted octanol–water partition coefficient (Wildman–Crippen LogP) is 2.82. The third-order valence-corrected chi connectivity index (χ3v) is 4.49. The van der Waals surface area contributed by atoms with Crippen molar-refractivity contribution in [3.63, 3.8) is 0 Å². The fourth-order valence-corrected chi connectivity index (χ4v) is 3.41. The number of rotatable bonds is 2. The van der Waals surface area contributed by atoms with Crippen LogP contribution in [0.4, 0.5) is 14.9 Å². The van der Waals surface area contributed by atoms with Gasteiger partial charge in [0, 0.05) is 24.8 Å². The molecular weight excluding hydrogens is 269 g/mol. The molecule has 1 aromatic rings. The molecule has 21 heavy (non-hydrogen) atoms. The van der Waals surface area contributed by atoms with Gasteiger partial charge in [-0.2, -0.15) is 0 Å². The normalized spacial score (nSPS) is 25.9. The molecule has 0 saturated carbocycles. The van der Waals surface area contributed by atoms with Crippen LogP contribution in [0.2, 0.25) is 0 Å². The van der Waals surface area contributed by atoms with Crippen molar-refractivity contribution in [3.05, 3.63) is 30.1 Å². The predicted molar refractivity (Wildman–Crippen MR) is 80.7 cm³/mol. The molecule has 2 saturated heterocycles. The highest BCUT2D eigenvalue weighted by Crippen LogP contribution is 2.25. The van der Waals surface area contributed by atoms with E-state index in [2.05, 4.69) is 10.6 Å². The van der Waals surface area contributed by atoms with Crippen molar-refractivity contribution >= 4 is 11.7 Å². The molecule has 0 spiro atoms. The number of piperidine rings is 1. The molecule has 5 heteroatoms. The number of hydrogen-bond donors (Lipinski definition) is 2. The molecule has 2 atom stereocenters.